The zero-order valence-electron chi connectivity index (χ0n) is 27.1. The molecular weight excluding hydrogens is 645 g/mol. The summed E-state index contributed by atoms with van der Waals surface area (Å²) in [5, 5.41) is 6.95. The second kappa shape index (κ2) is 10.9. The van der Waals surface area contributed by atoms with Crippen molar-refractivity contribution in [2.45, 2.75) is 0 Å². The second-order valence-electron chi connectivity index (χ2n) is 12.8. The minimum absolute atomic E-state index is 0.616. The van der Waals surface area contributed by atoms with E-state index in [0.717, 1.165) is 44.3 Å². The Balaban J connectivity index is 1.12. The van der Waals surface area contributed by atoms with Crippen LogP contribution in [0, 0.1) is 0 Å². The lowest BCUT2D eigenvalue weighted by Crippen LogP contribution is -2.01. The van der Waals surface area contributed by atoms with Gasteiger partial charge in [0.05, 0.1) is 11.0 Å². The third-order valence-electron chi connectivity index (χ3n) is 9.88. The minimum atomic E-state index is 0.616. The molecule has 51 heavy (non-hydrogen) atoms. The van der Waals surface area contributed by atoms with Crippen LogP contribution in [-0.2, 0) is 0 Å². The summed E-state index contributed by atoms with van der Waals surface area (Å²) in [4.78, 5) is 15.5. The Morgan fingerprint density at radius 2 is 1.02 bits per heavy atom. The van der Waals surface area contributed by atoms with Gasteiger partial charge in [0.2, 0.25) is 0 Å². The van der Waals surface area contributed by atoms with Crippen LogP contribution >= 0.6 is 11.3 Å². The summed E-state index contributed by atoms with van der Waals surface area (Å²) in [6, 6.07) is 55.0. The van der Waals surface area contributed by atoms with Crippen molar-refractivity contribution in [1.29, 1.82) is 0 Å². The maximum Gasteiger partial charge on any atom is 0.164 e. The van der Waals surface area contributed by atoms with E-state index in [1.165, 1.54) is 42.0 Å². The largest absolute Gasteiger partial charge is 0.456 e. The van der Waals surface area contributed by atoms with Gasteiger partial charge >= 0.3 is 0 Å². The fraction of sp³-hybridized carbons (Fsp3) is 0. The summed E-state index contributed by atoms with van der Waals surface area (Å²) in [5.41, 5.74) is 7.95. The van der Waals surface area contributed by atoms with Crippen LogP contribution in [0.4, 0.5) is 0 Å². The van der Waals surface area contributed by atoms with E-state index in [1.54, 1.807) is 11.3 Å². The van der Waals surface area contributed by atoms with Crippen LogP contribution in [0.5, 0.6) is 0 Å². The molecule has 0 N–H and O–H groups in total. The Morgan fingerprint density at radius 3 is 1.80 bits per heavy atom. The molecule has 7 aromatic carbocycles. The van der Waals surface area contributed by atoms with Crippen LogP contribution in [0.2, 0.25) is 0 Å². The quantitative estimate of drug-likeness (QED) is 0.187. The molecule has 0 atom stereocenters. The number of fused-ring (bicyclic) bond motifs is 9. The standard InChI is InChI=1S/C45H26N4OS/c1-5-15-36-30(10-1)31-11-2-6-16-37(31)49(36)29-23-20-27(21-24-29)43-46-44(28-22-25-39-35(26-28)32-12-3-7-17-38(32)50-39)48-45(47-43)34-14-9-19-41-42(34)33-13-4-8-18-40(33)51-41/h1-26H. The molecule has 0 bridgehead atoms. The fourth-order valence-electron chi connectivity index (χ4n) is 7.54. The van der Waals surface area contributed by atoms with Gasteiger partial charge in [-0.1, -0.05) is 84.9 Å². The van der Waals surface area contributed by atoms with Crippen molar-refractivity contribution in [2.75, 3.05) is 0 Å². The van der Waals surface area contributed by atoms with Gasteiger partial charge in [-0.25, -0.2) is 15.0 Å². The van der Waals surface area contributed by atoms with Crippen molar-refractivity contribution in [1.82, 2.24) is 19.5 Å². The third kappa shape index (κ3) is 4.37. The number of hydrogen-bond acceptors (Lipinski definition) is 5. The number of para-hydroxylation sites is 3. The van der Waals surface area contributed by atoms with Gasteiger partial charge in [0, 0.05) is 64.1 Å². The predicted molar refractivity (Wildman–Crippen MR) is 211 cm³/mol. The van der Waals surface area contributed by atoms with Crippen molar-refractivity contribution in [3.63, 3.8) is 0 Å². The predicted octanol–water partition coefficient (Wildman–Crippen LogP) is 12.2. The molecule has 0 amide bonds. The molecule has 11 aromatic rings. The summed E-state index contributed by atoms with van der Waals surface area (Å²) < 4.78 is 10.9. The number of rotatable bonds is 4. The van der Waals surface area contributed by atoms with E-state index in [4.69, 9.17) is 19.4 Å². The lowest BCUT2D eigenvalue weighted by Gasteiger charge is -2.11. The van der Waals surface area contributed by atoms with Crippen LogP contribution in [0.25, 0.3) is 104 Å². The van der Waals surface area contributed by atoms with Crippen LogP contribution < -0.4 is 0 Å². The summed E-state index contributed by atoms with van der Waals surface area (Å²) in [6.45, 7) is 0. The van der Waals surface area contributed by atoms with Gasteiger partial charge in [-0.05, 0) is 72.8 Å². The van der Waals surface area contributed by atoms with Crippen molar-refractivity contribution in [3.05, 3.63) is 158 Å². The first-order chi connectivity index (χ1) is 25.3. The first-order valence-corrected chi connectivity index (χ1v) is 17.8. The fourth-order valence-corrected chi connectivity index (χ4v) is 8.67. The molecule has 0 aliphatic heterocycles. The first kappa shape index (κ1) is 28.2. The Hall–Kier alpha value is -6.63. The number of benzene rings is 7. The van der Waals surface area contributed by atoms with Gasteiger partial charge in [-0.3, -0.25) is 0 Å². The summed E-state index contributed by atoms with van der Waals surface area (Å²) in [6.07, 6.45) is 0. The SMILES string of the molecule is c1ccc2c(c1)oc1ccc(-c3nc(-c4ccc(-n5c6ccccc6c6ccccc65)cc4)nc(-c4cccc5sc6ccccc6c45)n3)cc12. The molecule has 0 saturated carbocycles. The van der Waals surface area contributed by atoms with Crippen LogP contribution in [0.3, 0.4) is 0 Å². The average molecular weight is 671 g/mol. The lowest BCUT2D eigenvalue weighted by atomic mass is 10.1. The van der Waals surface area contributed by atoms with Crippen molar-refractivity contribution in [3.8, 4) is 39.9 Å². The molecule has 0 unspecified atom stereocenters. The molecular formula is C45H26N4OS. The molecule has 4 heterocycles. The molecule has 0 spiro atoms. The molecule has 0 aliphatic rings. The van der Waals surface area contributed by atoms with Crippen LogP contribution in [-0.4, -0.2) is 19.5 Å². The van der Waals surface area contributed by atoms with Gasteiger partial charge in [0.15, 0.2) is 17.5 Å². The number of hydrogen-bond donors (Lipinski definition) is 0. The van der Waals surface area contributed by atoms with Crippen LogP contribution in [0.1, 0.15) is 0 Å². The highest BCUT2D eigenvalue weighted by Crippen LogP contribution is 2.40. The topological polar surface area (TPSA) is 56.7 Å². The highest BCUT2D eigenvalue weighted by Gasteiger charge is 2.18. The van der Waals surface area contributed by atoms with Gasteiger partial charge < -0.3 is 8.98 Å². The zero-order valence-corrected chi connectivity index (χ0v) is 27.9. The van der Waals surface area contributed by atoms with Crippen molar-refractivity contribution >= 4 is 75.3 Å². The molecule has 6 heteroatoms. The maximum absolute atomic E-state index is 6.15. The maximum atomic E-state index is 6.15. The lowest BCUT2D eigenvalue weighted by molar-refractivity contribution is 0.669. The van der Waals surface area contributed by atoms with Crippen molar-refractivity contribution in [2.24, 2.45) is 0 Å². The second-order valence-corrected chi connectivity index (χ2v) is 13.9. The number of nitrogens with zero attached hydrogens (tertiary/aromatic N) is 4. The molecule has 238 valence electrons. The number of aromatic nitrogens is 4. The van der Waals surface area contributed by atoms with Gasteiger partial charge in [-0.15, -0.1) is 11.3 Å². The molecule has 0 saturated heterocycles. The normalized spacial score (nSPS) is 11.9. The van der Waals surface area contributed by atoms with E-state index in [-0.39, 0.29) is 0 Å². The zero-order chi connectivity index (χ0) is 33.5. The molecule has 11 rings (SSSR count). The van der Waals surface area contributed by atoms with Gasteiger partial charge in [0.25, 0.3) is 0 Å². The minimum Gasteiger partial charge on any atom is -0.456 e. The Kier molecular flexibility index (Phi) is 6.05. The summed E-state index contributed by atoms with van der Waals surface area (Å²) >= 11 is 1.79. The Morgan fingerprint density at radius 1 is 0.431 bits per heavy atom. The van der Waals surface area contributed by atoms with Gasteiger partial charge in [-0.2, -0.15) is 0 Å². The monoisotopic (exact) mass is 670 g/mol. The first-order valence-electron chi connectivity index (χ1n) is 16.9. The molecule has 0 aliphatic carbocycles. The molecule has 0 fully saturated rings. The smallest absolute Gasteiger partial charge is 0.164 e. The van der Waals surface area contributed by atoms with E-state index in [1.807, 2.05) is 30.3 Å². The van der Waals surface area contributed by atoms with Gasteiger partial charge in [0.1, 0.15) is 11.2 Å². The molecule has 5 nitrogen and oxygen atoms in total. The van der Waals surface area contributed by atoms with E-state index in [0.29, 0.717) is 17.5 Å². The summed E-state index contributed by atoms with van der Waals surface area (Å²) in [5.74, 6) is 1.88. The summed E-state index contributed by atoms with van der Waals surface area (Å²) in [7, 11) is 0. The Labute approximate surface area is 295 Å². The Bertz CT molecular complexity index is 3100. The van der Waals surface area contributed by atoms with E-state index in [9.17, 15) is 0 Å². The number of furan rings is 1. The third-order valence-corrected chi connectivity index (χ3v) is 11.0. The highest BCUT2D eigenvalue weighted by molar-refractivity contribution is 7.25. The van der Waals surface area contributed by atoms with E-state index < -0.39 is 0 Å². The van der Waals surface area contributed by atoms with Crippen molar-refractivity contribution < 1.29 is 4.42 Å². The average Bonchev–Trinajstić information content (AvgIpc) is 3.87. The van der Waals surface area contributed by atoms with E-state index in [2.05, 4.69) is 132 Å². The number of thiophene rings is 1. The molecule has 0 radical (unpaired) electrons. The van der Waals surface area contributed by atoms with Crippen LogP contribution in [0.15, 0.2) is 162 Å². The molecule has 4 aromatic heterocycles. The van der Waals surface area contributed by atoms with E-state index >= 15 is 0 Å². The highest BCUT2D eigenvalue weighted by atomic mass is 32.1.